The summed E-state index contributed by atoms with van der Waals surface area (Å²) in [4.78, 5) is 11.1. The Kier molecular flexibility index (Phi) is 5.12. The summed E-state index contributed by atoms with van der Waals surface area (Å²) >= 11 is 0. The summed E-state index contributed by atoms with van der Waals surface area (Å²) in [5, 5.41) is 0. The van der Waals surface area contributed by atoms with E-state index in [-0.39, 0.29) is 5.97 Å². The number of benzene rings is 1. The Balaban J connectivity index is 2.75. The standard InChI is InChI=1S/C13H16O3/c1-3-15-12-8-6-5-7-11(12)9-10-13(14)16-4-2/h5-10H,3-4H2,1-2H3/b10-9-. The average Bonchev–Trinajstić information content (AvgIpc) is 2.29. The zero-order chi connectivity index (χ0) is 11.8. The van der Waals surface area contributed by atoms with Crippen molar-refractivity contribution in [3.63, 3.8) is 0 Å². The van der Waals surface area contributed by atoms with Crippen LogP contribution in [0, 0.1) is 0 Å². The van der Waals surface area contributed by atoms with Crippen LogP contribution in [-0.4, -0.2) is 19.2 Å². The molecule has 0 atom stereocenters. The normalized spacial score (nSPS) is 10.4. The van der Waals surface area contributed by atoms with Gasteiger partial charge in [-0.05, 0) is 26.0 Å². The van der Waals surface area contributed by atoms with Crippen LogP contribution >= 0.6 is 0 Å². The van der Waals surface area contributed by atoms with Gasteiger partial charge in [-0.3, -0.25) is 0 Å². The number of esters is 1. The largest absolute Gasteiger partial charge is 0.493 e. The molecule has 1 aromatic carbocycles. The van der Waals surface area contributed by atoms with E-state index in [1.54, 1.807) is 13.0 Å². The van der Waals surface area contributed by atoms with Gasteiger partial charge < -0.3 is 9.47 Å². The Hall–Kier alpha value is -1.77. The third-order valence-electron chi connectivity index (χ3n) is 1.90. The van der Waals surface area contributed by atoms with Gasteiger partial charge >= 0.3 is 5.97 Å². The smallest absolute Gasteiger partial charge is 0.330 e. The second-order valence-electron chi connectivity index (χ2n) is 3.06. The van der Waals surface area contributed by atoms with Gasteiger partial charge in [-0.2, -0.15) is 0 Å². The number of hydrogen-bond donors (Lipinski definition) is 0. The number of para-hydroxylation sites is 1. The maximum Gasteiger partial charge on any atom is 0.330 e. The van der Waals surface area contributed by atoms with Crippen LogP contribution in [0.25, 0.3) is 6.08 Å². The van der Waals surface area contributed by atoms with Gasteiger partial charge in [0.2, 0.25) is 0 Å². The van der Waals surface area contributed by atoms with Crippen LogP contribution in [0.3, 0.4) is 0 Å². The molecule has 0 amide bonds. The number of rotatable bonds is 5. The number of carbonyl (C=O) groups is 1. The minimum Gasteiger partial charge on any atom is -0.493 e. The molecule has 0 N–H and O–H groups in total. The number of ether oxygens (including phenoxy) is 2. The Morgan fingerprint density at radius 3 is 2.69 bits per heavy atom. The fourth-order valence-electron chi connectivity index (χ4n) is 1.25. The fourth-order valence-corrected chi connectivity index (χ4v) is 1.25. The van der Waals surface area contributed by atoms with Crippen LogP contribution in [0.15, 0.2) is 30.3 Å². The molecule has 1 aromatic rings. The molecule has 86 valence electrons. The van der Waals surface area contributed by atoms with E-state index in [0.717, 1.165) is 11.3 Å². The monoisotopic (exact) mass is 220 g/mol. The van der Waals surface area contributed by atoms with Crippen molar-refractivity contribution in [2.75, 3.05) is 13.2 Å². The highest BCUT2D eigenvalue weighted by molar-refractivity contribution is 5.87. The van der Waals surface area contributed by atoms with Crippen LogP contribution in [0.5, 0.6) is 5.75 Å². The first kappa shape index (κ1) is 12.3. The minimum atomic E-state index is -0.339. The Morgan fingerprint density at radius 2 is 2.00 bits per heavy atom. The first-order chi connectivity index (χ1) is 7.77. The van der Waals surface area contributed by atoms with Gasteiger partial charge in [-0.15, -0.1) is 0 Å². The van der Waals surface area contributed by atoms with E-state index < -0.39 is 0 Å². The highest BCUT2D eigenvalue weighted by atomic mass is 16.5. The molecule has 1 rings (SSSR count). The first-order valence-electron chi connectivity index (χ1n) is 5.34. The zero-order valence-electron chi connectivity index (χ0n) is 9.60. The average molecular weight is 220 g/mol. The minimum absolute atomic E-state index is 0.339. The molecule has 0 unspecified atom stereocenters. The molecular weight excluding hydrogens is 204 g/mol. The van der Waals surface area contributed by atoms with Gasteiger partial charge in [0.05, 0.1) is 13.2 Å². The van der Waals surface area contributed by atoms with Crippen molar-refractivity contribution >= 4 is 12.0 Å². The molecule has 0 fully saturated rings. The van der Waals surface area contributed by atoms with Gasteiger partial charge in [-0.25, -0.2) is 4.79 Å². The summed E-state index contributed by atoms with van der Waals surface area (Å²) in [6.45, 7) is 4.69. The van der Waals surface area contributed by atoms with Crippen LogP contribution < -0.4 is 4.74 Å². The second-order valence-corrected chi connectivity index (χ2v) is 3.06. The molecule has 0 heterocycles. The summed E-state index contributed by atoms with van der Waals surface area (Å²) in [6, 6.07) is 7.55. The van der Waals surface area contributed by atoms with Crippen molar-refractivity contribution < 1.29 is 14.3 Å². The molecular formula is C13H16O3. The third kappa shape index (κ3) is 3.77. The van der Waals surface area contributed by atoms with E-state index in [2.05, 4.69) is 0 Å². The van der Waals surface area contributed by atoms with Crippen molar-refractivity contribution in [3.8, 4) is 5.75 Å². The van der Waals surface area contributed by atoms with Crippen LogP contribution in [0.1, 0.15) is 19.4 Å². The van der Waals surface area contributed by atoms with Crippen molar-refractivity contribution in [1.82, 2.24) is 0 Å². The predicted octanol–water partition coefficient (Wildman–Crippen LogP) is 2.66. The molecule has 0 bridgehead atoms. The topological polar surface area (TPSA) is 35.5 Å². The number of carbonyl (C=O) groups excluding carboxylic acids is 1. The molecule has 0 saturated carbocycles. The zero-order valence-corrected chi connectivity index (χ0v) is 9.60. The fraction of sp³-hybridized carbons (Fsp3) is 0.308. The van der Waals surface area contributed by atoms with E-state index in [1.807, 2.05) is 31.2 Å². The maximum atomic E-state index is 11.1. The van der Waals surface area contributed by atoms with Gasteiger partial charge in [0.1, 0.15) is 5.75 Å². The Bertz CT molecular complexity index is 369. The van der Waals surface area contributed by atoms with Gasteiger partial charge in [0.15, 0.2) is 0 Å². The summed E-state index contributed by atoms with van der Waals surface area (Å²) in [5.41, 5.74) is 0.873. The van der Waals surface area contributed by atoms with E-state index in [1.165, 1.54) is 6.08 Å². The number of hydrogen-bond acceptors (Lipinski definition) is 3. The summed E-state index contributed by atoms with van der Waals surface area (Å²) in [6.07, 6.45) is 3.10. The third-order valence-corrected chi connectivity index (χ3v) is 1.90. The van der Waals surface area contributed by atoms with E-state index in [9.17, 15) is 4.79 Å². The highest BCUT2D eigenvalue weighted by Gasteiger charge is 1.99. The van der Waals surface area contributed by atoms with Crippen molar-refractivity contribution in [2.45, 2.75) is 13.8 Å². The maximum absolute atomic E-state index is 11.1. The van der Waals surface area contributed by atoms with E-state index in [0.29, 0.717) is 13.2 Å². The molecule has 16 heavy (non-hydrogen) atoms. The lowest BCUT2D eigenvalue weighted by molar-refractivity contribution is -0.137. The van der Waals surface area contributed by atoms with Gasteiger partial charge in [-0.1, -0.05) is 18.2 Å². The Labute approximate surface area is 95.7 Å². The van der Waals surface area contributed by atoms with Crippen molar-refractivity contribution in [1.29, 1.82) is 0 Å². The van der Waals surface area contributed by atoms with Crippen LogP contribution in [0.2, 0.25) is 0 Å². The lowest BCUT2D eigenvalue weighted by atomic mass is 10.2. The molecule has 3 heteroatoms. The van der Waals surface area contributed by atoms with Crippen molar-refractivity contribution in [3.05, 3.63) is 35.9 Å². The van der Waals surface area contributed by atoms with Gasteiger partial charge in [0, 0.05) is 11.6 Å². The summed E-state index contributed by atoms with van der Waals surface area (Å²) in [7, 11) is 0. The molecule has 0 aliphatic heterocycles. The molecule has 0 spiro atoms. The van der Waals surface area contributed by atoms with E-state index >= 15 is 0 Å². The summed E-state index contributed by atoms with van der Waals surface area (Å²) < 4.78 is 10.2. The molecule has 3 nitrogen and oxygen atoms in total. The van der Waals surface area contributed by atoms with Gasteiger partial charge in [0.25, 0.3) is 0 Å². The molecule has 0 aromatic heterocycles. The van der Waals surface area contributed by atoms with Crippen molar-refractivity contribution in [2.24, 2.45) is 0 Å². The Morgan fingerprint density at radius 1 is 1.25 bits per heavy atom. The first-order valence-corrected chi connectivity index (χ1v) is 5.34. The molecule has 0 aliphatic carbocycles. The highest BCUT2D eigenvalue weighted by Crippen LogP contribution is 2.19. The molecule has 0 saturated heterocycles. The summed E-state index contributed by atoms with van der Waals surface area (Å²) in [5.74, 6) is 0.430. The SMILES string of the molecule is CCOC(=O)/C=C\c1ccccc1OCC. The molecule has 0 radical (unpaired) electrons. The predicted molar refractivity (Wildman–Crippen MR) is 63.3 cm³/mol. The lowest BCUT2D eigenvalue weighted by Crippen LogP contribution is -1.99. The lowest BCUT2D eigenvalue weighted by Gasteiger charge is -2.05. The van der Waals surface area contributed by atoms with E-state index in [4.69, 9.17) is 9.47 Å². The quantitative estimate of drug-likeness (QED) is 0.565. The second kappa shape index (κ2) is 6.67. The van der Waals surface area contributed by atoms with Crippen LogP contribution in [-0.2, 0) is 9.53 Å². The molecule has 0 aliphatic rings. The van der Waals surface area contributed by atoms with Crippen LogP contribution in [0.4, 0.5) is 0 Å².